The van der Waals surface area contributed by atoms with Crippen LogP contribution in [0.2, 0.25) is 5.04 Å². The van der Waals surface area contributed by atoms with Crippen LogP contribution in [0.25, 0.3) is 0 Å². The van der Waals surface area contributed by atoms with E-state index in [-0.39, 0.29) is 16.3 Å². The Bertz CT molecular complexity index is 694. The second-order valence-corrected chi connectivity index (χ2v) is 13.8. The fourth-order valence-corrected chi connectivity index (χ4v) is 9.68. The van der Waals surface area contributed by atoms with Gasteiger partial charge in [0.25, 0.3) is 8.32 Å². The van der Waals surface area contributed by atoms with Crippen molar-refractivity contribution >= 4 is 35.6 Å². The van der Waals surface area contributed by atoms with E-state index in [0.29, 0.717) is 5.25 Å². The molecule has 0 N–H and O–H groups in total. The van der Waals surface area contributed by atoms with Crippen LogP contribution in [0.5, 0.6) is 0 Å². The summed E-state index contributed by atoms with van der Waals surface area (Å²) < 4.78 is 7.04. The van der Waals surface area contributed by atoms with Gasteiger partial charge in [0.1, 0.15) is 0 Å². The molecule has 0 atom stereocenters. The van der Waals surface area contributed by atoms with Crippen molar-refractivity contribution < 1.29 is 9.22 Å². The van der Waals surface area contributed by atoms with Crippen LogP contribution in [-0.2, 0) is 9.22 Å². The van der Waals surface area contributed by atoms with Crippen molar-refractivity contribution in [2.75, 3.05) is 0 Å². The SMILES string of the molecule is CC(=O)SC1CC(O[Si](c2ccccc2)(c2ccccc2)C(C)(C)C)C1. The molecule has 0 unspecified atom stereocenters. The van der Waals surface area contributed by atoms with Crippen LogP contribution in [0.1, 0.15) is 40.5 Å². The second-order valence-electron chi connectivity index (χ2n) is 8.11. The van der Waals surface area contributed by atoms with Crippen LogP contribution < -0.4 is 10.4 Å². The van der Waals surface area contributed by atoms with Gasteiger partial charge in [-0.3, -0.25) is 4.79 Å². The lowest BCUT2D eigenvalue weighted by Crippen LogP contribution is -2.68. The standard InChI is InChI=1S/C22H28O2SSi/c1-17(23)25-19-15-18(16-19)24-26(22(2,3)4,20-11-7-5-8-12-20)21-13-9-6-10-14-21/h5-14,18-19H,15-16H2,1-4H3. The number of carbonyl (C=O) groups is 1. The summed E-state index contributed by atoms with van der Waals surface area (Å²) in [6.07, 6.45) is 2.17. The Hall–Kier alpha value is -1.36. The zero-order valence-corrected chi connectivity index (χ0v) is 17.9. The molecule has 4 heteroatoms. The van der Waals surface area contributed by atoms with Gasteiger partial charge in [-0.25, -0.2) is 0 Å². The molecule has 0 radical (unpaired) electrons. The molecule has 138 valence electrons. The Morgan fingerprint density at radius 3 is 1.81 bits per heavy atom. The van der Waals surface area contributed by atoms with Gasteiger partial charge in [-0.2, -0.15) is 0 Å². The van der Waals surface area contributed by atoms with Gasteiger partial charge in [0.15, 0.2) is 5.12 Å². The van der Waals surface area contributed by atoms with E-state index in [1.807, 2.05) is 0 Å². The van der Waals surface area contributed by atoms with Crippen LogP contribution in [0.3, 0.4) is 0 Å². The molecule has 1 aliphatic carbocycles. The van der Waals surface area contributed by atoms with E-state index in [4.69, 9.17) is 4.43 Å². The number of carbonyl (C=O) groups excluding carboxylic acids is 1. The molecule has 2 aromatic rings. The first kappa shape index (κ1) is 19.4. The highest BCUT2D eigenvalue weighted by atomic mass is 32.2. The minimum absolute atomic E-state index is 0.00844. The summed E-state index contributed by atoms with van der Waals surface area (Å²) in [6, 6.07) is 21.5. The number of rotatable bonds is 5. The molecule has 0 spiro atoms. The monoisotopic (exact) mass is 384 g/mol. The summed E-state index contributed by atoms with van der Waals surface area (Å²) in [6.45, 7) is 8.57. The van der Waals surface area contributed by atoms with Crippen LogP contribution >= 0.6 is 11.8 Å². The van der Waals surface area contributed by atoms with Gasteiger partial charge >= 0.3 is 0 Å². The van der Waals surface area contributed by atoms with Crippen LogP contribution in [0.4, 0.5) is 0 Å². The molecule has 0 aliphatic heterocycles. The lowest BCUT2D eigenvalue weighted by Gasteiger charge is -2.48. The van der Waals surface area contributed by atoms with Crippen LogP contribution in [0, 0.1) is 0 Å². The first-order valence-corrected chi connectivity index (χ1v) is 12.1. The number of hydrogen-bond acceptors (Lipinski definition) is 3. The molecule has 3 rings (SSSR count). The zero-order valence-electron chi connectivity index (χ0n) is 16.1. The van der Waals surface area contributed by atoms with Gasteiger partial charge in [-0.1, -0.05) is 93.2 Å². The van der Waals surface area contributed by atoms with E-state index in [2.05, 4.69) is 81.4 Å². The second kappa shape index (κ2) is 7.71. The quantitative estimate of drug-likeness (QED) is 0.716. The van der Waals surface area contributed by atoms with Crippen LogP contribution in [0.15, 0.2) is 60.7 Å². The maximum absolute atomic E-state index is 11.4. The average molecular weight is 385 g/mol. The molecule has 26 heavy (non-hydrogen) atoms. The third-order valence-corrected chi connectivity index (χ3v) is 11.3. The summed E-state index contributed by atoms with van der Waals surface area (Å²) in [5.41, 5.74) is 0. The van der Waals surface area contributed by atoms with Crippen LogP contribution in [-0.4, -0.2) is 24.8 Å². The first-order valence-electron chi connectivity index (χ1n) is 9.29. The highest BCUT2D eigenvalue weighted by Crippen LogP contribution is 2.42. The number of hydrogen-bond donors (Lipinski definition) is 0. The van der Waals surface area contributed by atoms with Crippen molar-refractivity contribution in [1.29, 1.82) is 0 Å². The maximum Gasteiger partial charge on any atom is 0.261 e. The van der Waals surface area contributed by atoms with Crippen molar-refractivity contribution in [3.05, 3.63) is 60.7 Å². The smallest absolute Gasteiger partial charge is 0.261 e. The summed E-state index contributed by atoms with van der Waals surface area (Å²) in [4.78, 5) is 11.4. The molecule has 2 aromatic carbocycles. The van der Waals surface area contributed by atoms with Gasteiger partial charge in [0.05, 0.1) is 0 Å². The Balaban J connectivity index is 1.98. The fourth-order valence-electron chi connectivity index (χ4n) is 3.89. The summed E-state index contributed by atoms with van der Waals surface area (Å²) in [5, 5.41) is 3.27. The minimum atomic E-state index is -2.45. The predicted molar refractivity (Wildman–Crippen MR) is 114 cm³/mol. The molecular weight excluding hydrogens is 356 g/mol. The van der Waals surface area contributed by atoms with E-state index in [0.717, 1.165) is 12.8 Å². The molecule has 0 saturated heterocycles. The largest absolute Gasteiger partial charge is 0.404 e. The molecule has 1 fully saturated rings. The van der Waals surface area contributed by atoms with E-state index < -0.39 is 8.32 Å². The Kier molecular flexibility index (Phi) is 5.75. The first-order chi connectivity index (χ1) is 12.3. The van der Waals surface area contributed by atoms with Gasteiger partial charge in [-0.05, 0) is 28.3 Å². The van der Waals surface area contributed by atoms with Crippen molar-refractivity contribution in [2.45, 2.75) is 56.9 Å². The minimum Gasteiger partial charge on any atom is -0.404 e. The molecule has 1 aliphatic rings. The summed E-state index contributed by atoms with van der Waals surface area (Å²) >= 11 is 1.47. The Morgan fingerprint density at radius 1 is 0.962 bits per heavy atom. The lowest BCUT2D eigenvalue weighted by molar-refractivity contribution is -0.109. The Morgan fingerprint density at radius 2 is 1.42 bits per heavy atom. The zero-order chi connectivity index (χ0) is 18.8. The van der Waals surface area contributed by atoms with E-state index in [9.17, 15) is 4.79 Å². The van der Waals surface area contributed by atoms with Gasteiger partial charge in [-0.15, -0.1) is 0 Å². The van der Waals surface area contributed by atoms with Gasteiger partial charge in [0.2, 0.25) is 0 Å². The predicted octanol–water partition coefficient (Wildman–Crippen LogP) is 4.37. The molecule has 1 saturated carbocycles. The average Bonchev–Trinajstić information content (AvgIpc) is 2.57. The normalized spacial score (nSPS) is 20.5. The number of thioether (sulfide) groups is 1. The molecule has 2 nitrogen and oxygen atoms in total. The Labute approximate surface area is 162 Å². The maximum atomic E-state index is 11.4. The molecule has 0 bridgehead atoms. The summed E-state index contributed by atoms with van der Waals surface area (Å²) in [7, 11) is -2.45. The summed E-state index contributed by atoms with van der Waals surface area (Å²) in [5.74, 6) is 0. The lowest BCUT2D eigenvalue weighted by atomic mass is 9.96. The van der Waals surface area contributed by atoms with E-state index in [1.54, 1.807) is 6.92 Å². The van der Waals surface area contributed by atoms with Gasteiger partial charge in [0, 0.05) is 18.3 Å². The third-order valence-electron chi connectivity index (χ3n) is 5.14. The van der Waals surface area contributed by atoms with E-state index in [1.165, 1.54) is 22.1 Å². The highest BCUT2D eigenvalue weighted by molar-refractivity contribution is 8.14. The molecular formula is C22H28O2SSi. The molecule has 0 amide bonds. The van der Waals surface area contributed by atoms with Gasteiger partial charge < -0.3 is 4.43 Å². The van der Waals surface area contributed by atoms with E-state index >= 15 is 0 Å². The molecule has 0 aromatic heterocycles. The fraction of sp³-hybridized carbons (Fsp3) is 0.409. The van der Waals surface area contributed by atoms with Crippen molar-refractivity contribution in [3.63, 3.8) is 0 Å². The third kappa shape index (κ3) is 3.82. The van der Waals surface area contributed by atoms with Crippen molar-refractivity contribution in [2.24, 2.45) is 0 Å². The van der Waals surface area contributed by atoms with Crippen molar-refractivity contribution in [3.8, 4) is 0 Å². The highest BCUT2D eigenvalue weighted by Gasteiger charge is 2.52. The van der Waals surface area contributed by atoms with Crippen molar-refractivity contribution in [1.82, 2.24) is 0 Å². The topological polar surface area (TPSA) is 26.3 Å². The molecule has 0 heterocycles. The number of benzene rings is 2.